The third-order valence-corrected chi connectivity index (χ3v) is 10.2. The van der Waals surface area contributed by atoms with E-state index in [0.29, 0.717) is 57.4 Å². The smallest absolute Gasteiger partial charge is 0.301 e. The number of anilines is 1. The minimum atomic E-state index is -1.09. The molecule has 1 aliphatic heterocycles. The number of rotatable bonds is 11. The quantitative estimate of drug-likeness (QED) is 0.0479. The number of Topliss-reactive ketones (excluding diaryl/α,β-unsaturated/α-hetero) is 1. The van der Waals surface area contributed by atoms with Gasteiger partial charge in [0.2, 0.25) is 5.13 Å². The van der Waals surface area contributed by atoms with E-state index in [0.717, 1.165) is 22.5 Å². The van der Waals surface area contributed by atoms with E-state index in [9.17, 15) is 19.1 Å². The number of hydrogen-bond donors (Lipinski definition) is 1. The Kier molecular flexibility index (Phi) is 9.33. The van der Waals surface area contributed by atoms with E-state index in [1.807, 2.05) is 43.3 Å². The van der Waals surface area contributed by atoms with Crippen molar-refractivity contribution in [3.63, 3.8) is 0 Å². The van der Waals surface area contributed by atoms with Gasteiger partial charge in [-0.05, 0) is 66.9 Å². The van der Waals surface area contributed by atoms with Crippen LogP contribution >= 0.6 is 23.1 Å². The van der Waals surface area contributed by atoms with Crippen LogP contribution in [0.2, 0.25) is 0 Å². The Bertz CT molecular complexity index is 2240. The summed E-state index contributed by atoms with van der Waals surface area (Å²) in [5.41, 5.74) is 3.57. The zero-order valence-electron chi connectivity index (χ0n) is 26.9. The van der Waals surface area contributed by atoms with Crippen molar-refractivity contribution in [1.82, 2.24) is 19.6 Å². The molecule has 1 N–H and O–H groups in total. The summed E-state index contributed by atoms with van der Waals surface area (Å²) in [6.07, 6.45) is 1.73. The first-order valence-electron chi connectivity index (χ1n) is 15.7. The molecule has 50 heavy (non-hydrogen) atoms. The number of hydrogen-bond acceptors (Lipinski definition) is 10. The van der Waals surface area contributed by atoms with Gasteiger partial charge in [0.25, 0.3) is 5.78 Å². The van der Waals surface area contributed by atoms with Crippen LogP contribution in [0.4, 0.5) is 9.52 Å². The van der Waals surface area contributed by atoms with Crippen molar-refractivity contribution in [2.45, 2.75) is 36.6 Å². The Morgan fingerprint density at radius 3 is 2.50 bits per heavy atom. The van der Waals surface area contributed by atoms with Gasteiger partial charge in [-0.1, -0.05) is 77.7 Å². The summed E-state index contributed by atoms with van der Waals surface area (Å²) in [7, 11) is 0. The minimum absolute atomic E-state index is 0.125. The summed E-state index contributed by atoms with van der Waals surface area (Å²) in [6.45, 7) is 4.21. The Balaban J connectivity index is 1.31. The van der Waals surface area contributed by atoms with Crippen LogP contribution in [0.5, 0.6) is 11.5 Å². The van der Waals surface area contributed by atoms with E-state index in [2.05, 4.69) is 15.2 Å². The molecule has 6 aromatic rings. The molecule has 0 saturated carbocycles. The van der Waals surface area contributed by atoms with Crippen molar-refractivity contribution in [2.24, 2.45) is 0 Å². The number of benzene rings is 3. The molecule has 13 heteroatoms. The van der Waals surface area contributed by atoms with Crippen molar-refractivity contribution in [1.29, 1.82) is 0 Å². The number of carbonyl (C=O) groups is 2. The molecule has 0 aliphatic carbocycles. The van der Waals surface area contributed by atoms with Gasteiger partial charge in [-0.25, -0.2) is 9.37 Å². The van der Waals surface area contributed by atoms with E-state index >= 15 is 0 Å². The molecule has 0 spiro atoms. The highest BCUT2D eigenvalue weighted by Gasteiger charge is 2.49. The summed E-state index contributed by atoms with van der Waals surface area (Å²) in [6, 6.07) is 25.4. The summed E-state index contributed by atoms with van der Waals surface area (Å²) in [5, 5.41) is 20.7. The maximum Gasteiger partial charge on any atom is 0.301 e. The predicted octanol–water partition coefficient (Wildman–Crippen LogP) is 7.53. The highest BCUT2D eigenvalue weighted by molar-refractivity contribution is 8.00. The number of aliphatic hydroxyl groups excluding tert-OH is 1. The van der Waals surface area contributed by atoms with Gasteiger partial charge in [0, 0.05) is 11.9 Å². The van der Waals surface area contributed by atoms with Crippen molar-refractivity contribution < 1.29 is 28.6 Å². The van der Waals surface area contributed by atoms with Gasteiger partial charge in [-0.2, -0.15) is 0 Å². The lowest BCUT2D eigenvalue weighted by molar-refractivity contribution is -0.132. The second-order valence-corrected chi connectivity index (χ2v) is 13.5. The lowest BCUT2D eigenvalue weighted by Crippen LogP contribution is -2.29. The maximum absolute atomic E-state index is 14.0. The molecule has 1 aliphatic rings. The molecule has 1 saturated heterocycles. The molecule has 10 nitrogen and oxygen atoms in total. The van der Waals surface area contributed by atoms with Crippen LogP contribution < -0.4 is 14.4 Å². The highest BCUT2D eigenvalue weighted by Crippen LogP contribution is 2.46. The average Bonchev–Trinajstić information content (AvgIpc) is 3.81. The molecular formula is C37H30FN5O5S2. The van der Waals surface area contributed by atoms with Crippen LogP contribution in [0.1, 0.15) is 41.0 Å². The molecule has 0 bridgehead atoms. The lowest BCUT2D eigenvalue weighted by Gasteiger charge is -2.23. The third kappa shape index (κ3) is 6.44. The van der Waals surface area contributed by atoms with E-state index < -0.39 is 17.7 Å². The number of aromatic nitrogens is 4. The zero-order chi connectivity index (χ0) is 34.8. The van der Waals surface area contributed by atoms with Crippen LogP contribution in [0, 0.1) is 12.7 Å². The standard InChI is InChI=1S/C37H30FN5O5S2/c1-3-47-28-19-25(14-17-27(28)48-20-23-9-5-4-6-10-23)32-30(33(44)31-22(2)39-29-11-7-8-18-42(29)31)34(45)35(46)43(32)36-40-41-37(50-36)49-21-24-12-15-26(38)16-13-24/h4-19,32,44H,3,20-21H2,1-2H3. The van der Waals surface area contributed by atoms with Gasteiger partial charge in [0.05, 0.1) is 23.9 Å². The normalized spacial score (nSPS) is 15.6. The lowest BCUT2D eigenvalue weighted by atomic mass is 9.96. The van der Waals surface area contributed by atoms with Crippen molar-refractivity contribution in [3.8, 4) is 11.5 Å². The van der Waals surface area contributed by atoms with Crippen molar-refractivity contribution in [3.05, 3.63) is 137 Å². The number of ketones is 1. The van der Waals surface area contributed by atoms with Gasteiger partial charge >= 0.3 is 5.91 Å². The van der Waals surface area contributed by atoms with Crippen molar-refractivity contribution in [2.75, 3.05) is 11.5 Å². The third-order valence-electron chi connectivity index (χ3n) is 8.07. The number of pyridine rings is 1. The maximum atomic E-state index is 14.0. The molecule has 4 heterocycles. The minimum Gasteiger partial charge on any atom is -0.505 e. The molecule has 252 valence electrons. The summed E-state index contributed by atoms with van der Waals surface area (Å²) in [4.78, 5) is 33.7. The van der Waals surface area contributed by atoms with Crippen LogP contribution in [0.3, 0.4) is 0 Å². The molecule has 7 rings (SSSR count). The Morgan fingerprint density at radius 2 is 1.72 bits per heavy atom. The van der Waals surface area contributed by atoms with Gasteiger partial charge in [-0.15, -0.1) is 10.2 Å². The summed E-state index contributed by atoms with van der Waals surface area (Å²) in [5.74, 6) is -1.06. The molecule has 1 atom stereocenters. The number of amides is 1. The molecule has 1 fully saturated rings. The van der Waals surface area contributed by atoms with Crippen LogP contribution in [0.15, 0.2) is 107 Å². The number of ether oxygens (including phenoxy) is 2. The van der Waals surface area contributed by atoms with E-state index in [1.165, 1.54) is 28.8 Å². The second kappa shape index (κ2) is 14.1. The SMILES string of the molecule is CCOc1cc(C2C(=C(O)c3c(C)nc4ccccn34)C(=O)C(=O)N2c2nnc(SCc3ccc(F)cc3)s2)ccc1OCc1ccccc1. The van der Waals surface area contributed by atoms with Gasteiger partial charge in [0.1, 0.15) is 23.8 Å². The fourth-order valence-corrected chi connectivity index (χ4v) is 7.60. The van der Waals surface area contributed by atoms with Crippen molar-refractivity contribution >= 4 is 51.3 Å². The number of carbonyl (C=O) groups excluding carboxylic acids is 2. The Hall–Kier alpha value is -5.53. The predicted molar refractivity (Wildman–Crippen MR) is 189 cm³/mol. The number of fused-ring (bicyclic) bond motifs is 1. The number of nitrogens with zero attached hydrogens (tertiary/aromatic N) is 5. The first-order valence-corrected chi connectivity index (χ1v) is 17.5. The molecule has 1 amide bonds. The Morgan fingerprint density at radius 1 is 0.940 bits per heavy atom. The number of halogens is 1. The van der Waals surface area contributed by atoms with E-state index in [1.54, 1.807) is 60.0 Å². The number of imidazole rings is 1. The van der Waals surface area contributed by atoms with Gasteiger partial charge < -0.3 is 14.6 Å². The monoisotopic (exact) mass is 707 g/mol. The topological polar surface area (TPSA) is 119 Å². The van der Waals surface area contributed by atoms with Crippen LogP contribution in [-0.2, 0) is 21.9 Å². The first kappa shape index (κ1) is 33.0. The molecule has 1 unspecified atom stereocenters. The number of aliphatic hydroxyl groups is 1. The molecule has 3 aromatic carbocycles. The Labute approximate surface area is 294 Å². The van der Waals surface area contributed by atoms with Crippen LogP contribution in [-0.4, -0.2) is 43.0 Å². The molecule has 0 radical (unpaired) electrons. The largest absolute Gasteiger partial charge is 0.505 e. The highest BCUT2D eigenvalue weighted by atomic mass is 32.2. The second-order valence-electron chi connectivity index (χ2n) is 11.3. The fraction of sp³-hybridized carbons (Fsp3) is 0.162. The average molecular weight is 708 g/mol. The van der Waals surface area contributed by atoms with Gasteiger partial charge in [-0.3, -0.25) is 18.9 Å². The zero-order valence-corrected chi connectivity index (χ0v) is 28.6. The summed E-state index contributed by atoms with van der Waals surface area (Å²) < 4.78 is 27.8. The summed E-state index contributed by atoms with van der Waals surface area (Å²) >= 11 is 2.51. The molecular weight excluding hydrogens is 678 g/mol. The van der Waals surface area contributed by atoms with E-state index in [-0.39, 0.29) is 22.3 Å². The fourth-order valence-electron chi connectivity index (χ4n) is 5.77. The molecule has 3 aromatic heterocycles. The number of aryl methyl sites for hydroxylation is 1. The number of thioether (sulfide) groups is 1. The van der Waals surface area contributed by atoms with E-state index in [4.69, 9.17) is 9.47 Å². The van der Waals surface area contributed by atoms with Crippen LogP contribution in [0.25, 0.3) is 11.4 Å². The van der Waals surface area contributed by atoms with Gasteiger partial charge in [0.15, 0.2) is 21.6 Å². The first-order chi connectivity index (χ1) is 24.3.